The van der Waals surface area contributed by atoms with Gasteiger partial charge >= 0.3 is 0 Å². The van der Waals surface area contributed by atoms with Gasteiger partial charge in [-0.1, -0.05) is 56.7 Å². The molecule has 3 saturated carbocycles. The first-order valence-corrected chi connectivity index (χ1v) is 15.3. The first-order valence-electron chi connectivity index (χ1n) is 14.2. The Labute approximate surface area is 226 Å². The van der Waals surface area contributed by atoms with Crippen molar-refractivity contribution in [2.45, 2.75) is 133 Å². The number of hydrogen-bond acceptors (Lipinski definition) is 4. The van der Waals surface area contributed by atoms with Gasteiger partial charge in [-0.25, -0.2) is 0 Å². The van der Waals surface area contributed by atoms with Crippen LogP contribution in [0.2, 0.25) is 0 Å². The number of epoxide rings is 1. The van der Waals surface area contributed by atoms with Crippen molar-refractivity contribution in [2.24, 2.45) is 34.0 Å². The average Bonchev–Trinajstić information content (AvgIpc) is 3.50. The average molecular weight is 599 g/mol. The number of hydrogen-bond donors (Lipinski definition) is 2. The smallest absolute Gasteiger partial charge is 0.155 e. The number of carbonyl (C=O) groups is 1. The molecule has 0 bridgehead atoms. The zero-order valence-corrected chi connectivity index (χ0v) is 24.9. The van der Waals surface area contributed by atoms with Gasteiger partial charge in [-0.05, 0) is 105 Å². The molecule has 10 atom stereocenters. The fourth-order valence-electron chi connectivity index (χ4n) is 9.82. The molecule has 4 fully saturated rings. The summed E-state index contributed by atoms with van der Waals surface area (Å²) in [6.45, 7) is 13.2. The molecule has 4 nitrogen and oxygen atoms in total. The highest BCUT2D eigenvalue weighted by Gasteiger charge is 2.78. The molecule has 1 saturated heterocycles. The minimum Gasteiger partial charge on any atom is -0.390 e. The summed E-state index contributed by atoms with van der Waals surface area (Å²) in [5, 5.41) is 20.7. The van der Waals surface area contributed by atoms with Crippen molar-refractivity contribution in [3.63, 3.8) is 0 Å². The van der Waals surface area contributed by atoms with Crippen LogP contribution < -0.4 is 0 Å². The molecule has 0 aromatic carbocycles. The van der Waals surface area contributed by atoms with Crippen LogP contribution in [0.3, 0.4) is 0 Å². The number of rotatable bonds is 7. The van der Waals surface area contributed by atoms with Gasteiger partial charge in [0.05, 0.1) is 17.8 Å². The molecule has 0 amide bonds. The summed E-state index contributed by atoms with van der Waals surface area (Å²) >= 11 is 2.91. The maximum atomic E-state index is 12.5. The Morgan fingerprint density at radius 2 is 1.91 bits per heavy atom. The van der Waals surface area contributed by atoms with E-state index in [-0.39, 0.29) is 31.9 Å². The van der Waals surface area contributed by atoms with Crippen LogP contribution in [0.25, 0.3) is 0 Å². The van der Waals surface area contributed by atoms with Crippen molar-refractivity contribution in [1.82, 2.24) is 0 Å². The number of aliphatic hydroxyl groups is 2. The van der Waals surface area contributed by atoms with Crippen molar-refractivity contribution in [3.8, 4) is 0 Å². The molecule has 5 aliphatic rings. The van der Waals surface area contributed by atoms with Crippen LogP contribution in [0.15, 0.2) is 11.6 Å². The first kappa shape index (κ1) is 26.6. The number of halogens is 1. The summed E-state index contributed by atoms with van der Waals surface area (Å²) in [6.07, 6.45) is 12.4. The zero-order valence-electron chi connectivity index (χ0n) is 22.7. The van der Waals surface area contributed by atoms with Gasteiger partial charge in [0.25, 0.3) is 0 Å². The SMILES string of the molecule is CCC[C@]12CCC3(C)C([C@H](C)CCC(O)C(C)(C)O)CC[C@@]3(I)C1C1OC1C1=CC(=O)CCC12C. The van der Waals surface area contributed by atoms with E-state index in [4.69, 9.17) is 4.74 Å². The molecule has 1 aliphatic heterocycles. The van der Waals surface area contributed by atoms with E-state index >= 15 is 0 Å². The summed E-state index contributed by atoms with van der Waals surface area (Å²) < 4.78 is 6.74. The second-order valence-electron chi connectivity index (χ2n) is 14.0. The predicted octanol–water partition coefficient (Wildman–Crippen LogP) is 6.40. The summed E-state index contributed by atoms with van der Waals surface area (Å²) in [5.74, 6) is 1.98. The Bertz CT molecular complexity index is 909. The third-order valence-electron chi connectivity index (χ3n) is 11.9. The Balaban J connectivity index is 1.47. The van der Waals surface area contributed by atoms with Gasteiger partial charge in [0.1, 0.15) is 6.10 Å². The van der Waals surface area contributed by atoms with Gasteiger partial charge in [-0.15, -0.1) is 0 Å². The van der Waals surface area contributed by atoms with Crippen LogP contribution in [0.4, 0.5) is 0 Å². The topological polar surface area (TPSA) is 70.1 Å². The zero-order chi connectivity index (χ0) is 25.6. The quantitative estimate of drug-likeness (QED) is 0.202. The number of fused-ring (bicyclic) bond motifs is 8. The lowest BCUT2D eigenvalue weighted by Gasteiger charge is -2.67. The van der Waals surface area contributed by atoms with Crippen LogP contribution in [0.5, 0.6) is 0 Å². The largest absolute Gasteiger partial charge is 0.390 e. The van der Waals surface area contributed by atoms with Crippen LogP contribution in [0, 0.1) is 34.0 Å². The van der Waals surface area contributed by atoms with E-state index in [0.717, 1.165) is 12.8 Å². The Morgan fingerprint density at radius 3 is 2.57 bits per heavy atom. The summed E-state index contributed by atoms with van der Waals surface area (Å²) in [4.78, 5) is 12.5. The lowest BCUT2D eigenvalue weighted by molar-refractivity contribution is -0.126. The molecule has 35 heavy (non-hydrogen) atoms. The molecule has 2 N–H and O–H groups in total. The van der Waals surface area contributed by atoms with Crippen LogP contribution in [-0.2, 0) is 9.53 Å². The van der Waals surface area contributed by atoms with E-state index in [2.05, 4.69) is 50.3 Å². The predicted molar refractivity (Wildman–Crippen MR) is 147 cm³/mol. The van der Waals surface area contributed by atoms with Gasteiger partial charge < -0.3 is 14.9 Å². The highest BCUT2D eigenvalue weighted by atomic mass is 127. The second kappa shape index (κ2) is 8.51. The maximum absolute atomic E-state index is 12.5. The van der Waals surface area contributed by atoms with E-state index in [9.17, 15) is 15.0 Å². The molecule has 5 rings (SSSR count). The number of ketones is 1. The molecule has 198 valence electrons. The fourth-order valence-corrected chi connectivity index (χ4v) is 11.8. The highest BCUT2D eigenvalue weighted by molar-refractivity contribution is 14.1. The van der Waals surface area contributed by atoms with Gasteiger partial charge in [0.2, 0.25) is 0 Å². The summed E-state index contributed by atoms with van der Waals surface area (Å²) in [5.41, 5.74) is 0.809. The first-order chi connectivity index (χ1) is 16.2. The van der Waals surface area contributed by atoms with E-state index in [1.54, 1.807) is 13.8 Å². The van der Waals surface area contributed by atoms with E-state index in [1.165, 1.54) is 44.1 Å². The van der Waals surface area contributed by atoms with E-state index in [0.29, 0.717) is 36.4 Å². The van der Waals surface area contributed by atoms with E-state index < -0.39 is 11.7 Å². The molecule has 7 unspecified atom stereocenters. The molecule has 5 heteroatoms. The van der Waals surface area contributed by atoms with Gasteiger partial charge in [-0.2, -0.15) is 0 Å². The van der Waals surface area contributed by atoms with Crippen LogP contribution >= 0.6 is 22.6 Å². The molecule has 0 spiro atoms. The Morgan fingerprint density at radius 1 is 1.20 bits per heavy atom. The molecular weight excluding hydrogens is 551 g/mol. The standard InChI is InChI=1S/C30H47IO4/c1-7-12-29-16-15-28(6)20(18(2)8-9-22(33)26(3,4)34)11-14-30(28,31)25(29)24-23(35-24)21-17-19(32)10-13-27(21,29)5/h17-18,20,22-25,33-34H,7-16H2,1-6H3/t18-,20?,22?,23?,24?,25?,27?,28?,29+,30-/m1/s1. The summed E-state index contributed by atoms with van der Waals surface area (Å²) in [7, 11) is 0. The molecule has 4 aliphatic carbocycles. The lowest BCUT2D eigenvalue weighted by Crippen LogP contribution is -2.66. The van der Waals surface area contributed by atoms with Crippen molar-refractivity contribution >= 4 is 28.4 Å². The number of alkyl halides is 1. The fraction of sp³-hybridized carbons (Fsp3) is 0.900. The molecule has 0 aromatic heterocycles. The van der Waals surface area contributed by atoms with Gasteiger partial charge in [0, 0.05) is 15.8 Å². The maximum Gasteiger partial charge on any atom is 0.155 e. The Hall–Kier alpha value is 0.0200. The summed E-state index contributed by atoms with van der Waals surface area (Å²) in [6, 6.07) is 0. The highest BCUT2D eigenvalue weighted by Crippen LogP contribution is 2.79. The van der Waals surface area contributed by atoms with Gasteiger partial charge in [-0.3, -0.25) is 4.79 Å². The lowest BCUT2D eigenvalue weighted by atomic mass is 9.38. The van der Waals surface area contributed by atoms with Crippen molar-refractivity contribution in [1.29, 1.82) is 0 Å². The monoisotopic (exact) mass is 598 g/mol. The second-order valence-corrected chi connectivity index (χ2v) is 15.9. The number of ether oxygens (including phenoxy) is 1. The third kappa shape index (κ3) is 3.63. The van der Waals surface area contributed by atoms with Crippen molar-refractivity contribution in [2.75, 3.05) is 0 Å². The molecular formula is C30H47IO4. The third-order valence-corrected chi connectivity index (χ3v) is 14.4. The molecule has 1 heterocycles. The van der Waals surface area contributed by atoms with Crippen LogP contribution in [-0.4, -0.2) is 43.3 Å². The molecule has 0 radical (unpaired) electrons. The Kier molecular flexibility index (Phi) is 6.47. The normalized spacial score (nSPS) is 48.3. The van der Waals surface area contributed by atoms with Crippen LogP contribution in [0.1, 0.15) is 106 Å². The van der Waals surface area contributed by atoms with Crippen molar-refractivity contribution < 1.29 is 19.7 Å². The minimum atomic E-state index is -1.04. The van der Waals surface area contributed by atoms with Gasteiger partial charge in [0.15, 0.2) is 5.78 Å². The van der Waals surface area contributed by atoms with Crippen molar-refractivity contribution in [3.05, 3.63) is 11.6 Å². The number of carbonyl (C=O) groups excluding carboxylic acids is 1. The molecule has 0 aromatic rings. The number of aliphatic hydroxyl groups excluding tert-OH is 1. The van der Waals surface area contributed by atoms with E-state index in [1.807, 2.05) is 6.08 Å². The minimum absolute atomic E-state index is 0.0687.